The summed E-state index contributed by atoms with van der Waals surface area (Å²) in [6.45, 7) is 5.12. The van der Waals surface area contributed by atoms with E-state index in [1.807, 2.05) is 36.9 Å². The molecular weight excluding hydrogens is 392 g/mol. The molecular formula is C22H22N8O. The van der Waals surface area contributed by atoms with E-state index in [2.05, 4.69) is 25.0 Å². The fourth-order valence-corrected chi connectivity index (χ4v) is 4.62. The van der Waals surface area contributed by atoms with Gasteiger partial charge in [0, 0.05) is 48.8 Å². The number of anilines is 1. The second kappa shape index (κ2) is 7.47. The molecule has 31 heavy (non-hydrogen) atoms. The normalized spacial score (nSPS) is 20.0. The van der Waals surface area contributed by atoms with Crippen LogP contribution in [-0.4, -0.2) is 60.7 Å². The van der Waals surface area contributed by atoms with Crippen LogP contribution in [0.25, 0.3) is 5.82 Å². The van der Waals surface area contributed by atoms with Gasteiger partial charge < -0.3 is 9.80 Å². The van der Waals surface area contributed by atoms with Gasteiger partial charge in [0.05, 0.1) is 0 Å². The van der Waals surface area contributed by atoms with Gasteiger partial charge in [-0.05, 0) is 44.9 Å². The Labute approximate surface area is 180 Å². The first-order valence-electron chi connectivity index (χ1n) is 10.3. The van der Waals surface area contributed by atoms with Crippen molar-refractivity contribution in [2.24, 2.45) is 0 Å². The molecule has 2 unspecified atom stereocenters. The maximum absolute atomic E-state index is 13.5. The summed E-state index contributed by atoms with van der Waals surface area (Å²) in [7, 11) is 0. The molecule has 5 heterocycles. The third-order valence-electron chi connectivity index (χ3n) is 5.88. The van der Waals surface area contributed by atoms with Crippen LogP contribution in [0.1, 0.15) is 40.4 Å². The molecule has 2 aliphatic heterocycles. The third kappa shape index (κ3) is 3.40. The Kier molecular flexibility index (Phi) is 4.62. The topological polar surface area (TPSA) is 104 Å². The lowest BCUT2D eigenvalue weighted by atomic mass is 10.1. The van der Waals surface area contributed by atoms with Crippen molar-refractivity contribution in [1.82, 2.24) is 29.6 Å². The van der Waals surface area contributed by atoms with Crippen molar-refractivity contribution >= 4 is 11.9 Å². The largest absolute Gasteiger partial charge is 0.333 e. The summed E-state index contributed by atoms with van der Waals surface area (Å²) < 4.78 is 1.46. The van der Waals surface area contributed by atoms with Gasteiger partial charge >= 0.3 is 0 Å². The highest BCUT2D eigenvalue weighted by atomic mass is 16.2. The first-order valence-corrected chi connectivity index (χ1v) is 10.3. The van der Waals surface area contributed by atoms with Gasteiger partial charge in [0.1, 0.15) is 11.8 Å². The van der Waals surface area contributed by atoms with Gasteiger partial charge in [-0.25, -0.2) is 19.6 Å². The summed E-state index contributed by atoms with van der Waals surface area (Å²) in [5.41, 5.74) is 2.44. The second-order valence-corrected chi connectivity index (χ2v) is 8.08. The van der Waals surface area contributed by atoms with Gasteiger partial charge in [0.15, 0.2) is 11.5 Å². The van der Waals surface area contributed by atoms with E-state index >= 15 is 0 Å². The standard InChI is InChI=1S/C22H22N8O/c1-14-9-15(2)26-22(25-14)29-17-6-7-18(29)13-28(12-17)21(31)19-10-16(11-23)27-30(19)20-5-3-4-8-24-20/h3-5,8-10,17-18H,6-7,12-13H2,1-2H3. The van der Waals surface area contributed by atoms with Crippen molar-refractivity contribution in [2.45, 2.75) is 38.8 Å². The average molecular weight is 414 g/mol. The number of rotatable bonds is 3. The molecule has 0 spiro atoms. The van der Waals surface area contributed by atoms with Crippen molar-refractivity contribution in [3.63, 3.8) is 0 Å². The molecule has 1 amide bonds. The average Bonchev–Trinajstić information content (AvgIpc) is 3.31. The Morgan fingerprint density at radius 1 is 1.10 bits per heavy atom. The Bertz CT molecular complexity index is 1150. The van der Waals surface area contributed by atoms with E-state index in [0.717, 1.165) is 30.2 Å². The molecule has 0 aromatic carbocycles. The maximum Gasteiger partial charge on any atom is 0.272 e. The number of nitrogens with zero attached hydrogens (tertiary/aromatic N) is 8. The van der Waals surface area contributed by atoms with Crippen molar-refractivity contribution in [2.75, 3.05) is 18.0 Å². The number of hydrogen-bond donors (Lipinski definition) is 0. The zero-order chi connectivity index (χ0) is 21.5. The summed E-state index contributed by atoms with van der Waals surface area (Å²) in [5.74, 6) is 1.12. The number of pyridine rings is 1. The lowest BCUT2D eigenvalue weighted by Crippen LogP contribution is -2.56. The molecule has 2 bridgehead atoms. The Hall–Kier alpha value is -3.80. The molecule has 0 aliphatic carbocycles. The third-order valence-corrected chi connectivity index (χ3v) is 5.88. The van der Waals surface area contributed by atoms with Crippen molar-refractivity contribution in [3.05, 3.63) is 59.3 Å². The maximum atomic E-state index is 13.5. The number of amides is 1. The number of piperazine rings is 1. The van der Waals surface area contributed by atoms with Gasteiger partial charge in [-0.3, -0.25) is 4.79 Å². The van der Waals surface area contributed by atoms with Crippen LogP contribution in [0.4, 0.5) is 5.95 Å². The minimum atomic E-state index is -0.141. The number of aromatic nitrogens is 5. The highest BCUT2D eigenvalue weighted by Gasteiger charge is 2.43. The Morgan fingerprint density at radius 3 is 2.42 bits per heavy atom. The zero-order valence-corrected chi connectivity index (χ0v) is 17.4. The van der Waals surface area contributed by atoms with E-state index in [4.69, 9.17) is 0 Å². The van der Waals surface area contributed by atoms with Crippen LogP contribution < -0.4 is 4.90 Å². The van der Waals surface area contributed by atoms with Gasteiger partial charge in [-0.15, -0.1) is 0 Å². The van der Waals surface area contributed by atoms with E-state index in [-0.39, 0.29) is 23.7 Å². The predicted molar refractivity (Wildman–Crippen MR) is 113 cm³/mol. The monoisotopic (exact) mass is 414 g/mol. The van der Waals surface area contributed by atoms with Crippen LogP contribution in [-0.2, 0) is 0 Å². The molecule has 0 N–H and O–H groups in total. The number of fused-ring (bicyclic) bond motifs is 2. The van der Waals surface area contributed by atoms with Crippen molar-refractivity contribution in [1.29, 1.82) is 5.26 Å². The quantitative estimate of drug-likeness (QED) is 0.646. The van der Waals surface area contributed by atoms with E-state index in [1.54, 1.807) is 18.3 Å². The summed E-state index contributed by atoms with van der Waals surface area (Å²) in [6.07, 6.45) is 3.63. The van der Waals surface area contributed by atoms with Crippen molar-refractivity contribution in [3.8, 4) is 11.9 Å². The minimum absolute atomic E-state index is 0.141. The lowest BCUT2D eigenvalue weighted by molar-refractivity contribution is 0.0707. The molecule has 0 saturated carbocycles. The number of hydrogen-bond acceptors (Lipinski definition) is 7. The van der Waals surface area contributed by atoms with Gasteiger partial charge in [-0.2, -0.15) is 10.4 Å². The van der Waals surface area contributed by atoms with Gasteiger partial charge in [0.25, 0.3) is 5.91 Å². The van der Waals surface area contributed by atoms with Crippen LogP contribution in [0.15, 0.2) is 36.5 Å². The molecule has 2 saturated heterocycles. The second-order valence-electron chi connectivity index (χ2n) is 8.08. The molecule has 5 rings (SSSR count). The minimum Gasteiger partial charge on any atom is -0.333 e. The predicted octanol–water partition coefficient (Wildman–Crippen LogP) is 2.04. The van der Waals surface area contributed by atoms with Crippen LogP contribution in [0.3, 0.4) is 0 Å². The number of nitriles is 1. The van der Waals surface area contributed by atoms with Crippen LogP contribution in [0.5, 0.6) is 0 Å². The summed E-state index contributed by atoms with van der Waals surface area (Å²) in [4.78, 5) is 31.2. The molecule has 2 atom stereocenters. The van der Waals surface area contributed by atoms with Gasteiger partial charge in [-0.1, -0.05) is 6.07 Å². The Balaban J connectivity index is 1.43. The van der Waals surface area contributed by atoms with Gasteiger partial charge in [0.2, 0.25) is 5.95 Å². The molecule has 2 aliphatic rings. The van der Waals surface area contributed by atoms with Crippen LogP contribution in [0.2, 0.25) is 0 Å². The van der Waals surface area contributed by atoms with E-state index in [1.165, 1.54) is 10.7 Å². The molecule has 156 valence electrons. The molecule has 9 heteroatoms. The highest BCUT2D eigenvalue weighted by Crippen LogP contribution is 2.34. The first kappa shape index (κ1) is 19.2. The number of carbonyl (C=O) groups is 1. The molecule has 2 fully saturated rings. The SMILES string of the molecule is Cc1cc(C)nc(N2C3CCC2CN(C(=O)c2cc(C#N)nn2-c2ccccn2)C3)n1. The number of carbonyl (C=O) groups excluding carboxylic acids is 1. The zero-order valence-electron chi connectivity index (χ0n) is 17.4. The first-order chi connectivity index (χ1) is 15.0. The smallest absolute Gasteiger partial charge is 0.272 e. The summed E-state index contributed by atoms with van der Waals surface area (Å²) in [5, 5.41) is 13.6. The van der Waals surface area contributed by atoms with Crippen LogP contribution >= 0.6 is 0 Å². The fourth-order valence-electron chi connectivity index (χ4n) is 4.62. The lowest BCUT2D eigenvalue weighted by Gasteiger charge is -2.41. The molecule has 9 nitrogen and oxygen atoms in total. The molecule has 0 radical (unpaired) electrons. The summed E-state index contributed by atoms with van der Waals surface area (Å²) >= 11 is 0. The van der Waals surface area contributed by atoms with E-state index in [0.29, 0.717) is 24.6 Å². The highest BCUT2D eigenvalue weighted by molar-refractivity contribution is 5.93. The van der Waals surface area contributed by atoms with E-state index < -0.39 is 0 Å². The van der Waals surface area contributed by atoms with Crippen LogP contribution in [0, 0.1) is 25.2 Å². The van der Waals surface area contributed by atoms with Crippen molar-refractivity contribution < 1.29 is 4.79 Å². The number of likely N-dealkylation sites (tertiary alicyclic amines) is 1. The van der Waals surface area contributed by atoms with E-state index in [9.17, 15) is 10.1 Å². The Morgan fingerprint density at radius 2 is 1.81 bits per heavy atom. The number of aryl methyl sites for hydroxylation is 2. The molecule has 3 aromatic heterocycles. The fraction of sp³-hybridized carbons (Fsp3) is 0.364. The summed E-state index contributed by atoms with van der Waals surface area (Å²) in [6, 6.07) is 11.3. The molecule has 3 aromatic rings.